The molecule has 2 fully saturated rings. The Hall–Kier alpha value is -2.75. The first-order valence-electron chi connectivity index (χ1n) is 14.1. The Morgan fingerprint density at radius 3 is 2.23 bits per heavy atom. The minimum absolute atomic E-state index is 0.105. The van der Waals surface area contributed by atoms with Crippen molar-refractivity contribution in [2.24, 2.45) is 17.8 Å². The summed E-state index contributed by atoms with van der Waals surface area (Å²) in [6.07, 6.45) is -0.357. The number of aliphatic hydroxyl groups excluding tert-OH is 2. The van der Waals surface area contributed by atoms with Crippen LogP contribution >= 0.6 is 0 Å². The topological polar surface area (TPSA) is 147 Å². The molecule has 3 aliphatic rings. The maximum atomic E-state index is 14.2. The molecule has 0 heterocycles. The molecule has 220 valence electrons. The molecule has 0 saturated heterocycles. The number of aliphatic hydroxyl groups is 3. The molecule has 1 aromatic carbocycles. The van der Waals surface area contributed by atoms with E-state index in [1.807, 2.05) is 33.8 Å². The number of amides is 1. The Balaban J connectivity index is 1.93. The molecule has 9 heteroatoms. The highest BCUT2D eigenvalue weighted by atomic mass is 16.3. The summed E-state index contributed by atoms with van der Waals surface area (Å²) in [5, 5.41) is 49.0. The van der Waals surface area contributed by atoms with E-state index in [9.17, 15) is 34.8 Å². The zero-order valence-corrected chi connectivity index (χ0v) is 25.0. The molecule has 0 aromatic heterocycles. The molecule has 40 heavy (non-hydrogen) atoms. The van der Waals surface area contributed by atoms with Crippen LogP contribution in [0.2, 0.25) is 0 Å². The third-order valence-electron chi connectivity index (χ3n) is 8.84. The van der Waals surface area contributed by atoms with Crippen LogP contribution in [0.15, 0.2) is 11.6 Å². The molecule has 1 amide bonds. The molecule has 0 radical (unpaired) electrons. The number of carbonyl (C=O) groups is 3. The maximum absolute atomic E-state index is 14.2. The van der Waals surface area contributed by atoms with E-state index in [0.717, 1.165) is 11.1 Å². The average Bonchev–Trinajstić information content (AvgIpc) is 2.79. The normalized spacial score (nSPS) is 30.6. The minimum atomic E-state index is -2.63. The molecule has 3 aliphatic carbocycles. The number of aromatic hydroxyl groups is 1. The molecule has 0 spiro atoms. The standard InChI is InChI=1S/C31H44N2O7/c1-10-14-12-18(29(2,3)4)23(34)20-16(14)11-15-13-17-22(33(8)9)25(36)21(28(39)32-30(5,6)7)27(38)31(17,40)26(37)19(15)24(20)35/h12,15,17,21-22,25,34-36,40H,10-11,13H2,1-9H3,(H,32,39)/t15-,17-,21?,22-,25?,31-/m1/s1. The summed E-state index contributed by atoms with van der Waals surface area (Å²) in [5.74, 6) is -6.59. The number of rotatable bonds is 3. The largest absolute Gasteiger partial charge is 0.507 e. The van der Waals surface area contributed by atoms with Gasteiger partial charge in [-0.3, -0.25) is 14.4 Å². The number of nitrogens with one attached hydrogen (secondary N) is 1. The Morgan fingerprint density at radius 1 is 1.12 bits per heavy atom. The van der Waals surface area contributed by atoms with Crippen LogP contribution < -0.4 is 5.32 Å². The van der Waals surface area contributed by atoms with Crippen LogP contribution in [-0.4, -0.2) is 80.2 Å². The number of ketones is 2. The fraction of sp³-hybridized carbons (Fsp3) is 0.645. The number of likely N-dealkylation sites (N-methyl/N-ethyl adjacent to an activating group) is 1. The van der Waals surface area contributed by atoms with Gasteiger partial charge in [-0.15, -0.1) is 0 Å². The quantitative estimate of drug-likeness (QED) is 0.357. The average molecular weight is 557 g/mol. The van der Waals surface area contributed by atoms with Gasteiger partial charge >= 0.3 is 0 Å². The number of hydrogen-bond acceptors (Lipinski definition) is 8. The summed E-state index contributed by atoms with van der Waals surface area (Å²) in [5.41, 5.74) is -1.44. The van der Waals surface area contributed by atoms with Crippen molar-refractivity contribution in [3.05, 3.63) is 33.9 Å². The summed E-state index contributed by atoms with van der Waals surface area (Å²) in [6.45, 7) is 13.0. The number of phenolic OH excluding ortho intramolecular Hbond substituents is 1. The molecule has 0 aliphatic heterocycles. The molecular formula is C31H44N2O7. The smallest absolute Gasteiger partial charge is 0.233 e. The van der Waals surface area contributed by atoms with E-state index in [4.69, 9.17) is 0 Å². The SMILES string of the molecule is CCc1cc(C(C)(C)C)c(O)c2c1C[C@@H]1C[C@@H]3[C@@H](N(C)C)C(O)C(C(=O)NC(C)(C)C)C(=O)[C@]3(O)C(=O)C1=C2O. The lowest BCUT2D eigenvalue weighted by Crippen LogP contribution is -2.74. The molecule has 9 nitrogen and oxygen atoms in total. The van der Waals surface area contributed by atoms with Crippen molar-refractivity contribution in [2.45, 2.75) is 96.4 Å². The van der Waals surface area contributed by atoms with E-state index in [2.05, 4.69) is 5.32 Å². The van der Waals surface area contributed by atoms with Gasteiger partial charge in [0.1, 0.15) is 17.4 Å². The van der Waals surface area contributed by atoms with E-state index < -0.39 is 69.7 Å². The van der Waals surface area contributed by atoms with Crippen molar-refractivity contribution in [2.75, 3.05) is 14.1 Å². The van der Waals surface area contributed by atoms with E-state index in [1.165, 1.54) is 0 Å². The molecule has 6 atom stereocenters. The Morgan fingerprint density at radius 2 is 1.73 bits per heavy atom. The van der Waals surface area contributed by atoms with E-state index >= 15 is 0 Å². The number of fused-ring (bicyclic) bond motifs is 3. The molecule has 4 rings (SSSR count). The Labute approximate surface area is 236 Å². The predicted octanol–water partition coefficient (Wildman–Crippen LogP) is 2.42. The van der Waals surface area contributed by atoms with Gasteiger partial charge < -0.3 is 30.6 Å². The number of Topliss-reactive ketones (excluding diaryl/α,β-unsaturated/α-hetero) is 2. The fourth-order valence-corrected chi connectivity index (χ4v) is 7.06. The second kappa shape index (κ2) is 9.67. The number of hydrogen-bond donors (Lipinski definition) is 5. The summed E-state index contributed by atoms with van der Waals surface area (Å²) >= 11 is 0. The first-order chi connectivity index (χ1) is 18.3. The second-order valence-corrected chi connectivity index (χ2v) is 14.0. The van der Waals surface area contributed by atoms with Gasteiger partial charge in [0.25, 0.3) is 0 Å². The maximum Gasteiger partial charge on any atom is 0.233 e. The first kappa shape index (κ1) is 30.2. The van der Waals surface area contributed by atoms with E-state index in [1.54, 1.807) is 39.8 Å². The minimum Gasteiger partial charge on any atom is -0.507 e. The lowest BCUT2D eigenvalue weighted by atomic mass is 9.54. The molecule has 2 saturated carbocycles. The van der Waals surface area contributed by atoms with Crippen molar-refractivity contribution >= 4 is 23.2 Å². The lowest BCUT2D eigenvalue weighted by Gasteiger charge is -2.54. The van der Waals surface area contributed by atoms with Crippen LogP contribution in [0.4, 0.5) is 0 Å². The van der Waals surface area contributed by atoms with E-state index in [0.29, 0.717) is 18.4 Å². The Bertz CT molecular complexity index is 1300. The van der Waals surface area contributed by atoms with Crippen molar-refractivity contribution in [1.29, 1.82) is 0 Å². The molecular weight excluding hydrogens is 512 g/mol. The van der Waals surface area contributed by atoms with Gasteiger partial charge in [0.2, 0.25) is 11.7 Å². The van der Waals surface area contributed by atoms with Crippen LogP contribution in [0.25, 0.3) is 5.76 Å². The van der Waals surface area contributed by atoms with Crippen LogP contribution in [0.3, 0.4) is 0 Å². The predicted molar refractivity (Wildman–Crippen MR) is 151 cm³/mol. The molecule has 5 N–H and O–H groups in total. The third-order valence-corrected chi connectivity index (χ3v) is 8.84. The first-order valence-corrected chi connectivity index (χ1v) is 14.1. The van der Waals surface area contributed by atoms with Crippen molar-refractivity contribution in [3.8, 4) is 5.75 Å². The van der Waals surface area contributed by atoms with Gasteiger partial charge in [-0.2, -0.15) is 0 Å². The van der Waals surface area contributed by atoms with Crippen LogP contribution in [0.5, 0.6) is 5.75 Å². The van der Waals surface area contributed by atoms with Crippen LogP contribution in [0, 0.1) is 17.8 Å². The zero-order chi connectivity index (χ0) is 30.3. The van der Waals surface area contributed by atoms with Crippen molar-refractivity contribution < 1.29 is 34.8 Å². The van der Waals surface area contributed by atoms with Gasteiger partial charge in [0, 0.05) is 28.6 Å². The molecule has 0 bridgehead atoms. The summed E-state index contributed by atoms with van der Waals surface area (Å²) in [7, 11) is 3.35. The van der Waals surface area contributed by atoms with Crippen molar-refractivity contribution in [1.82, 2.24) is 10.2 Å². The van der Waals surface area contributed by atoms with Gasteiger partial charge in [-0.1, -0.05) is 33.8 Å². The summed E-state index contributed by atoms with van der Waals surface area (Å²) < 4.78 is 0. The highest BCUT2D eigenvalue weighted by molar-refractivity contribution is 6.25. The number of benzene rings is 1. The number of phenols is 1. The van der Waals surface area contributed by atoms with Gasteiger partial charge in [0.05, 0.1) is 11.7 Å². The van der Waals surface area contributed by atoms with Crippen LogP contribution in [0.1, 0.15) is 77.1 Å². The Kier molecular flexibility index (Phi) is 7.30. The highest BCUT2D eigenvalue weighted by Crippen LogP contribution is 2.53. The zero-order valence-electron chi connectivity index (χ0n) is 25.0. The third kappa shape index (κ3) is 4.46. The summed E-state index contributed by atoms with van der Waals surface area (Å²) in [4.78, 5) is 43.0. The number of nitrogens with zero attached hydrogens (tertiary/aromatic N) is 1. The van der Waals surface area contributed by atoms with Gasteiger partial charge in [0.15, 0.2) is 11.4 Å². The second-order valence-electron chi connectivity index (χ2n) is 14.0. The van der Waals surface area contributed by atoms with Crippen molar-refractivity contribution in [3.63, 3.8) is 0 Å². The fourth-order valence-electron chi connectivity index (χ4n) is 7.06. The lowest BCUT2D eigenvalue weighted by molar-refractivity contribution is -0.185. The van der Waals surface area contributed by atoms with Gasteiger partial charge in [-0.05, 0) is 76.6 Å². The summed E-state index contributed by atoms with van der Waals surface area (Å²) in [6, 6.07) is 1.07. The van der Waals surface area contributed by atoms with Gasteiger partial charge in [-0.25, -0.2) is 0 Å². The highest BCUT2D eigenvalue weighted by Gasteiger charge is 2.68. The number of aryl methyl sites for hydroxylation is 1. The van der Waals surface area contributed by atoms with E-state index in [-0.39, 0.29) is 23.3 Å². The molecule has 1 aromatic rings. The monoisotopic (exact) mass is 556 g/mol. The molecule has 2 unspecified atom stereocenters. The number of carbonyl (C=O) groups excluding carboxylic acids is 3. The van der Waals surface area contributed by atoms with Crippen LogP contribution in [-0.2, 0) is 32.6 Å².